The molecule has 0 saturated carbocycles. The maximum Gasteiger partial charge on any atom is 0.0645 e. The summed E-state index contributed by atoms with van der Waals surface area (Å²) in [5.74, 6) is 0. The quantitative estimate of drug-likeness (QED) is 0.700. The fourth-order valence-electron chi connectivity index (χ4n) is 2.05. The molecule has 2 aromatic rings. The lowest BCUT2D eigenvalue weighted by Crippen LogP contribution is -2.07. The van der Waals surface area contributed by atoms with Crippen molar-refractivity contribution in [3.8, 4) is 0 Å². The van der Waals surface area contributed by atoms with Crippen molar-refractivity contribution in [1.82, 2.24) is 4.57 Å². The van der Waals surface area contributed by atoms with Gasteiger partial charge in [0.15, 0.2) is 0 Å². The fourth-order valence-corrected chi connectivity index (χ4v) is 2.05. The van der Waals surface area contributed by atoms with Gasteiger partial charge in [-0.05, 0) is 30.9 Å². The number of rotatable bonds is 5. The second-order valence-corrected chi connectivity index (χ2v) is 4.11. The van der Waals surface area contributed by atoms with Gasteiger partial charge < -0.3 is 9.30 Å². The monoisotopic (exact) mass is 217 g/mol. The molecule has 0 spiro atoms. The molecule has 16 heavy (non-hydrogen) atoms. The van der Waals surface area contributed by atoms with E-state index in [1.54, 1.807) is 0 Å². The molecule has 0 fully saturated rings. The molecule has 1 heterocycles. The molecule has 2 nitrogen and oxygen atoms in total. The summed E-state index contributed by atoms with van der Waals surface area (Å²) in [6, 6.07) is 10.7. The van der Waals surface area contributed by atoms with Crippen LogP contribution in [0.4, 0.5) is 0 Å². The van der Waals surface area contributed by atoms with Gasteiger partial charge in [0.25, 0.3) is 0 Å². The Morgan fingerprint density at radius 2 is 2.00 bits per heavy atom. The van der Waals surface area contributed by atoms with E-state index in [1.165, 1.54) is 16.6 Å². The average Bonchev–Trinajstić information content (AvgIpc) is 2.61. The van der Waals surface area contributed by atoms with E-state index in [0.29, 0.717) is 0 Å². The van der Waals surface area contributed by atoms with Crippen LogP contribution in [-0.4, -0.2) is 17.8 Å². The lowest BCUT2D eigenvalue weighted by molar-refractivity contribution is 0.127. The number of ether oxygens (including phenoxy) is 1. The predicted octanol–water partition coefficient (Wildman–Crippen LogP) is 3.38. The first-order chi connectivity index (χ1) is 7.83. The number of para-hydroxylation sites is 1. The zero-order valence-corrected chi connectivity index (χ0v) is 10.1. The van der Waals surface area contributed by atoms with Crippen molar-refractivity contribution in [2.45, 2.75) is 26.8 Å². The van der Waals surface area contributed by atoms with E-state index in [9.17, 15) is 0 Å². The molecule has 0 saturated heterocycles. The lowest BCUT2D eigenvalue weighted by Gasteiger charge is -2.08. The first-order valence-corrected chi connectivity index (χ1v) is 5.95. The molecular weight excluding hydrogens is 198 g/mol. The van der Waals surface area contributed by atoms with Crippen LogP contribution in [0.15, 0.2) is 30.3 Å². The van der Waals surface area contributed by atoms with Crippen LogP contribution in [0.2, 0.25) is 0 Å². The standard InChI is InChI=1S/C14H19NO/c1-3-9-16-10-8-15-12(2)11-13-6-4-5-7-14(13)15/h4-7,11H,3,8-10H2,1-2H3. The largest absolute Gasteiger partial charge is 0.380 e. The summed E-state index contributed by atoms with van der Waals surface area (Å²) in [5.41, 5.74) is 2.61. The molecule has 0 unspecified atom stereocenters. The number of fused-ring (bicyclic) bond motifs is 1. The number of hydrogen-bond acceptors (Lipinski definition) is 1. The molecule has 0 aliphatic heterocycles. The molecule has 86 valence electrons. The smallest absolute Gasteiger partial charge is 0.0645 e. The third kappa shape index (κ3) is 2.27. The van der Waals surface area contributed by atoms with Crippen molar-refractivity contribution >= 4 is 10.9 Å². The Morgan fingerprint density at radius 3 is 2.81 bits per heavy atom. The lowest BCUT2D eigenvalue weighted by atomic mass is 10.2. The van der Waals surface area contributed by atoms with Gasteiger partial charge in [-0.15, -0.1) is 0 Å². The summed E-state index contributed by atoms with van der Waals surface area (Å²) in [7, 11) is 0. The molecule has 0 atom stereocenters. The highest BCUT2D eigenvalue weighted by Crippen LogP contribution is 2.18. The van der Waals surface area contributed by atoms with Gasteiger partial charge in [0.1, 0.15) is 0 Å². The van der Waals surface area contributed by atoms with Gasteiger partial charge >= 0.3 is 0 Å². The molecule has 0 aliphatic rings. The molecule has 0 amide bonds. The van der Waals surface area contributed by atoms with Crippen molar-refractivity contribution in [2.24, 2.45) is 0 Å². The SMILES string of the molecule is CCCOCCn1c(C)cc2ccccc21. The Bertz CT molecular complexity index is 459. The van der Waals surface area contributed by atoms with Gasteiger partial charge in [-0.1, -0.05) is 25.1 Å². The first-order valence-electron chi connectivity index (χ1n) is 5.95. The summed E-state index contributed by atoms with van der Waals surface area (Å²) < 4.78 is 7.86. The van der Waals surface area contributed by atoms with Gasteiger partial charge in [0, 0.05) is 24.4 Å². The Balaban J connectivity index is 2.13. The fraction of sp³-hybridized carbons (Fsp3) is 0.429. The number of nitrogens with zero attached hydrogens (tertiary/aromatic N) is 1. The molecule has 1 aromatic carbocycles. The molecule has 0 bridgehead atoms. The highest BCUT2D eigenvalue weighted by Gasteiger charge is 2.03. The highest BCUT2D eigenvalue weighted by atomic mass is 16.5. The third-order valence-electron chi connectivity index (χ3n) is 2.83. The molecule has 0 N–H and O–H groups in total. The normalized spacial score (nSPS) is 11.1. The first kappa shape index (κ1) is 11.2. The highest BCUT2D eigenvalue weighted by molar-refractivity contribution is 5.81. The van der Waals surface area contributed by atoms with Gasteiger partial charge in [-0.2, -0.15) is 0 Å². The Labute approximate surface area is 96.8 Å². The Morgan fingerprint density at radius 1 is 1.19 bits per heavy atom. The molecular formula is C14H19NO. The van der Waals surface area contributed by atoms with Crippen molar-refractivity contribution in [3.63, 3.8) is 0 Å². The maximum atomic E-state index is 5.54. The van der Waals surface area contributed by atoms with Gasteiger partial charge in [-0.25, -0.2) is 0 Å². The van der Waals surface area contributed by atoms with E-state index in [2.05, 4.69) is 48.7 Å². The van der Waals surface area contributed by atoms with Crippen LogP contribution < -0.4 is 0 Å². The summed E-state index contributed by atoms with van der Waals surface area (Å²) in [4.78, 5) is 0. The van der Waals surface area contributed by atoms with Crippen molar-refractivity contribution in [3.05, 3.63) is 36.0 Å². The third-order valence-corrected chi connectivity index (χ3v) is 2.83. The molecule has 0 aliphatic carbocycles. The summed E-state index contributed by atoms with van der Waals surface area (Å²) >= 11 is 0. The topological polar surface area (TPSA) is 14.2 Å². The summed E-state index contributed by atoms with van der Waals surface area (Å²) in [6.45, 7) is 6.89. The van der Waals surface area contributed by atoms with Crippen LogP contribution in [-0.2, 0) is 11.3 Å². The molecule has 0 radical (unpaired) electrons. The number of aromatic nitrogens is 1. The zero-order valence-electron chi connectivity index (χ0n) is 10.1. The van der Waals surface area contributed by atoms with Gasteiger partial charge in [-0.3, -0.25) is 0 Å². The molecule has 2 heteroatoms. The minimum atomic E-state index is 0.799. The van der Waals surface area contributed by atoms with E-state index in [-0.39, 0.29) is 0 Å². The van der Waals surface area contributed by atoms with E-state index in [1.807, 2.05) is 0 Å². The van der Waals surface area contributed by atoms with Crippen LogP contribution in [0.5, 0.6) is 0 Å². The summed E-state index contributed by atoms with van der Waals surface area (Å²) in [6.07, 6.45) is 1.09. The van der Waals surface area contributed by atoms with E-state index < -0.39 is 0 Å². The van der Waals surface area contributed by atoms with Crippen LogP contribution in [0.1, 0.15) is 19.0 Å². The van der Waals surface area contributed by atoms with Crippen LogP contribution >= 0.6 is 0 Å². The van der Waals surface area contributed by atoms with Gasteiger partial charge in [0.2, 0.25) is 0 Å². The Kier molecular flexibility index (Phi) is 3.62. The van der Waals surface area contributed by atoms with E-state index in [4.69, 9.17) is 4.74 Å². The van der Waals surface area contributed by atoms with Crippen LogP contribution in [0.25, 0.3) is 10.9 Å². The van der Waals surface area contributed by atoms with Gasteiger partial charge in [0.05, 0.1) is 6.61 Å². The average molecular weight is 217 g/mol. The summed E-state index contributed by atoms with van der Waals surface area (Å²) in [5, 5.41) is 1.32. The van der Waals surface area contributed by atoms with Crippen molar-refractivity contribution < 1.29 is 4.74 Å². The second kappa shape index (κ2) is 5.17. The van der Waals surface area contributed by atoms with Crippen molar-refractivity contribution in [1.29, 1.82) is 0 Å². The number of benzene rings is 1. The van der Waals surface area contributed by atoms with Crippen LogP contribution in [0, 0.1) is 6.92 Å². The minimum Gasteiger partial charge on any atom is -0.380 e. The molecule has 1 aromatic heterocycles. The van der Waals surface area contributed by atoms with Crippen molar-refractivity contribution in [2.75, 3.05) is 13.2 Å². The Hall–Kier alpha value is -1.28. The maximum absolute atomic E-state index is 5.54. The number of hydrogen-bond donors (Lipinski definition) is 0. The van der Waals surface area contributed by atoms with E-state index >= 15 is 0 Å². The van der Waals surface area contributed by atoms with Crippen LogP contribution in [0.3, 0.4) is 0 Å². The predicted molar refractivity (Wildman–Crippen MR) is 67.8 cm³/mol. The molecule has 2 rings (SSSR count). The van der Waals surface area contributed by atoms with E-state index in [0.717, 1.165) is 26.2 Å². The zero-order chi connectivity index (χ0) is 11.4. The minimum absolute atomic E-state index is 0.799. The second-order valence-electron chi connectivity index (χ2n) is 4.11. The number of aryl methyl sites for hydroxylation is 1.